The number of aryl methyl sites for hydroxylation is 2. The SMILES string of the molecule is COC(=O)CCc1ccc2oc(=O)n(C)c2c1. The third-order valence-electron chi connectivity index (χ3n) is 2.70. The van der Waals surface area contributed by atoms with E-state index in [1.165, 1.54) is 11.7 Å². The number of oxazole rings is 1. The van der Waals surface area contributed by atoms with Gasteiger partial charge >= 0.3 is 11.7 Å². The highest BCUT2D eigenvalue weighted by atomic mass is 16.5. The topological polar surface area (TPSA) is 61.4 Å². The summed E-state index contributed by atoms with van der Waals surface area (Å²) in [5.74, 6) is -0.628. The predicted molar refractivity (Wildman–Crippen MR) is 61.8 cm³/mol. The molecule has 0 N–H and O–H groups in total. The van der Waals surface area contributed by atoms with Gasteiger partial charge in [-0.2, -0.15) is 0 Å². The molecule has 17 heavy (non-hydrogen) atoms. The Balaban J connectivity index is 2.28. The summed E-state index contributed by atoms with van der Waals surface area (Å²) in [7, 11) is 3.02. The van der Waals surface area contributed by atoms with E-state index in [1.807, 2.05) is 12.1 Å². The van der Waals surface area contributed by atoms with Crippen molar-refractivity contribution in [1.29, 1.82) is 0 Å². The van der Waals surface area contributed by atoms with E-state index in [0.717, 1.165) is 11.1 Å². The van der Waals surface area contributed by atoms with Gasteiger partial charge in [-0.1, -0.05) is 6.07 Å². The molecule has 0 saturated heterocycles. The Morgan fingerprint density at radius 2 is 2.24 bits per heavy atom. The molecule has 0 aliphatic rings. The summed E-state index contributed by atoms with van der Waals surface area (Å²) in [6, 6.07) is 5.43. The Bertz CT molecular complexity index is 608. The van der Waals surface area contributed by atoms with Crippen LogP contribution >= 0.6 is 0 Å². The maximum absolute atomic E-state index is 11.3. The van der Waals surface area contributed by atoms with E-state index in [9.17, 15) is 9.59 Å². The van der Waals surface area contributed by atoms with Crippen LogP contribution in [0.2, 0.25) is 0 Å². The third-order valence-corrected chi connectivity index (χ3v) is 2.70. The molecule has 90 valence electrons. The summed E-state index contributed by atoms with van der Waals surface area (Å²) >= 11 is 0. The first-order valence-corrected chi connectivity index (χ1v) is 5.27. The van der Waals surface area contributed by atoms with Crippen LogP contribution in [0.25, 0.3) is 11.1 Å². The average molecular weight is 235 g/mol. The molecule has 0 spiro atoms. The summed E-state index contributed by atoms with van der Waals surface area (Å²) in [6.07, 6.45) is 0.912. The van der Waals surface area contributed by atoms with Crippen molar-refractivity contribution in [3.63, 3.8) is 0 Å². The van der Waals surface area contributed by atoms with Gasteiger partial charge in [0.05, 0.1) is 12.6 Å². The molecule has 1 aromatic heterocycles. The highest BCUT2D eigenvalue weighted by Gasteiger charge is 2.07. The Morgan fingerprint density at radius 1 is 1.47 bits per heavy atom. The van der Waals surface area contributed by atoms with Gasteiger partial charge in [-0.15, -0.1) is 0 Å². The maximum atomic E-state index is 11.3. The molecule has 2 aromatic rings. The first kappa shape index (κ1) is 11.4. The van der Waals surface area contributed by atoms with E-state index in [1.54, 1.807) is 13.1 Å². The van der Waals surface area contributed by atoms with Gasteiger partial charge in [0, 0.05) is 13.5 Å². The minimum Gasteiger partial charge on any atom is -0.469 e. The fraction of sp³-hybridized carbons (Fsp3) is 0.333. The molecule has 0 fully saturated rings. The zero-order valence-corrected chi connectivity index (χ0v) is 9.73. The number of rotatable bonds is 3. The number of hydrogen-bond acceptors (Lipinski definition) is 4. The van der Waals surface area contributed by atoms with Crippen molar-refractivity contribution >= 4 is 17.1 Å². The van der Waals surface area contributed by atoms with Crippen molar-refractivity contribution in [1.82, 2.24) is 4.57 Å². The smallest absolute Gasteiger partial charge is 0.419 e. The average Bonchev–Trinajstić information content (AvgIpc) is 2.62. The van der Waals surface area contributed by atoms with Crippen molar-refractivity contribution in [2.45, 2.75) is 12.8 Å². The van der Waals surface area contributed by atoms with Crippen LogP contribution in [0.5, 0.6) is 0 Å². The molecule has 0 aliphatic heterocycles. The second-order valence-corrected chi connectivity index (χ2v) is 3.81. The van der Waals surface area contributed by atoms with Crippen LogP contribution in [0.15, 0.2) is 27.4 Å². The molecule has 2 rings (SSSR count). The van der Waals surface area contributed by atoms with E-state index in [4.69, 9.17) is 4.42 Å². The number of esters is 1. The number of carbonyl (C=O) groups is 1. The second kappa shape index (κ2) is 4.45. The van der Waals surface area contributed by atoms with E-state index in [-0.39, 0.29) is 11.7 Å². The van der Waals surface area contributed by atoms with Crippen molar-refractivity contribution < 1.29 is 13.9 Å². The van der Waals surface area contributed by atoms with Gasteiger partial charge < -0.3 is 9.15 Å². The molecular formula is C12H13NO4. The molecule has 0 bridgehead atoms. The lowest BCUT2D eigenvalue weighted by Gasteiger charge is -2.01. The Labute approximate surface area is 97.6 Å². The number of fused-ring (bicyclic) bond motifs is 1. The summed E-state index contributed by atoms with van der Waals surface area (Å²) < 4.78 is 11.0. The molecule has 5 heteroatoms. The fourth-order valence-corrected chi connectivity index (χ4v) is 1.68. The first-order chi connectivity index (χ1) is 8.11. The van der Waals surface area contributed by atoms with E-state index >= 15 is 0 Å². The van der Waals surface area contributed by atoms with Crippen molar-refractivity contribution in [3.05, 3.63) is 34.3 Å². The molecule has 1 heterocycles. The van der Waals surface area contributed by atoms with Gasteiger partial charge in [0.2, 0.25) is 0 Å². The number of aromatic nitrogens is 1. The van der Waals surface area contributed by atoms with Crippen LogP contribution in [0.3, 0.4) is 0 Å². The predicted octanol–water partition coefficient (Wildman–Crippen LogP) is 1.24. The monoisotopic (exact) mass is 235 g/mol. The normalized spacial score (nSPS) is 10.7. The zero-order valence-electron chi connectivity index (χ0n) is 9.73. The van der Waals surface area contributed by atoms with Crippen molar-refractivity contribution in [2.75, 3.05) is 7.11 Å². The molecule has 1 aromatic carbocycles. The van der Waals surface area contributed by atoms with Gasteiger partial charge in [-0.3, -0.25) is 9.36 Å². The number of nitrogens with zero attached hydrogens (tertiary/aromatic N) is 1. The van der Waals surface area contributed by atoms with Gasteiger partial charge in [0.15, 0.2) is 5.58 Å². The third kappa shape index (κ3) is 2.22. The summed E-state index contributed by atoms with van der Waals surface area (Å²) in [5, 5.41) is 0. The van der Waals surface area contributed by atoms with Gasteiger partial charge in [0.1, 0.15) is 0 Å². The molecule has 0 aliphatic carbocycles. The van der Waals surface area contributed by atoms with Gasteiger partial charge in [-0.05, 0) is 24.1 Å². The molecule has 0 atom stereocenters. The van der Waals surface area contributed by atoms with Crippen LogP contribution in [-0.2, 0) is 23.0 Å². The largest absolute Gasteiger partial charge is 0.469 e. The zero-order chi connectivity index (χ0) is 12.4. The van der Waals surface area contributed by atoms with Crippen LogP contribution in [0.1, 0.15) is 12.0 Å². The lowest BCUT2D eigenvalue weighted by atomic mass is 10.1. The number of methoxy groups -OCH3 is 1. The van der Waals surface area contributed by atoms with Crippen LogP contribution < -0.4 is 5.76 Å². The van der Waals surface area contributed by atoms with Gasteiger partial charge in [-0.25, -0.2) is 4.79 Å². The molecule has 0 amide bonds. The lowest BCUT2D eigenvalue weighted by molar-refractivity contribution is -0.140. The summed E-state index contributed by atoms with van der Waals surface area (Å²) in [6.45, 7) is 0. The van der Waals surface area contributed by atoms with E-state index in [0.29, 0.717) is 18.4 Å². The highest BCUT2D eigenvalue weighted by Crippen LogP contribution is 2.15. The molecular weight excluding hydrogens is 222 g/mol. The van der Waals surface area contributed by atoms with Gasteiger partial charge in [0.25, 0.3) is 0 Å². The van der Waals surface area contributed by atoms with Crippen LogP contribution in [0, 0.1) is 0 Å². The van der Waals surface area contributed by atoms with Crippen molar-refractivity contribution in [3.8, 4) is 0 Å². The summed E-state index contributed by atoms with van der Waals surface area (Å²) in [5.41, 5.74) is 2.26. The fourth-order valence-electron chi connectivity index (χ4n) is 1.68. The number of hydrogen-bond donors (Lipinski definition) is 0. The number of carbonyl (C=O) groups excluding carboxylic acids is 1. The number of benzene rings is 1. The Hall–Kier alpha value is -2.04. The highest BCUT2D eigenvalue weighted by molar-refractivity contribution is 5.74. The minimum absolute atomic E-state index is 0.244. The van der Waals surface area contributed by atoms with Crippen LogP contribution in [-0.4, -0.2) is 17.6 Å². The maximum Gasteiger partial charge on any atom is 0.419 e. The standard InChI is InChI=1S/C12H13NO4/c1-13-9-7-8(4-6-11(14)16-2)3-5-10(9)17-12(13)15/h3,5,7H,4,6H2,1-2H3. The summed E-state index contributed by atoms with van der Waals surface area (Å²) in [4.78, 5) is 22.3. The Morgan fingerprint density at radius 3 is 2.94 bits per heavy atom. The number of ether oxygens (including phenoxy) is 1. The second-order valence-electron chi connectivity index (χ2n) is 3.81. The molecule has 0 saturated carbocycles. The van der Waals surface area contributed by atoms with E-state index < -0.39 is 0 Å². The Kier molecular flexibility index (Phi) is 2.99. The first-order valence-electron chi connectivity index (χ1n) is 5.27. The minimum atomic E-state index is -0.384. The van der Waals surface area contributed by atoms with Crippen LogP contribution in [0.4, 0.5) is 0 Å². The lowest BCUT2D eigenvalue weighted by Crippen LogP contribution is -2.08. The van der Waals surface area contributed by atoms with E-state index in [2.05, 4.69) is 4.74 Å². The quantitative estimate of drug-likeness (QED) is 0.751. The molecule has 0 radical (unpaired) electrons. The van der Waals surface area contributed by atoms with Crippen molar-refractivity contribution in [2.24, 2.45) is 7.05 Å². The molecule has 0 unspecified atom stereocenters. The molecule has 5 nitrogen and oxygen atoms in total.